The Bertz CT molecular complexity index is 132. The average molecular weight is 114 g/mol. The van der Waals surface area contributed by atoms with E-state index < -0.39 is 0 Å². The molecule has 0 aliphatic carbocycles. The van der Waals surface area contributed by atoms with Gasteiger partial charge in [0.1, 0.15) is 6.34 Å². The molecule has 0 radical (unpaired) electrons. The molecule has 0 saturated carbocycles. The van der Waals surface area contributed by atoms with Crippen molar-refractivity contribution in [1.82, 2.24) is 5.06 Å². The summed E-state index contributed by atoms with van der Waals surface area (Å²) in [4.78, 5) is 14.0. The highest BCUT2D eigenvalue weighted by Crippen LogP contribution is 1.93. The fourth-order valence-electron chi connectivity index (χ4n) is 0.474. The third-order valence-electron chi connectivity index (χ3n) is 0.901. The summed E-state index contributed by atoms with van der Waals surface area (Å²) >= 11 is 0. The predicted molar refractivity (Wildman–Crippen MR) is 26.6 cm³/mol. The standard InChI is InChI=1S/C4H6N2O2/c7-4-1-2-5-3-6(4)8/h3,8H,1-2H2. The molecule has 0 aromatic heterocycles. The van der Waals surface area contributed by atoms with Gasteiger partial charge in [0.25, 0.3) is 5.91 Å². The van der Waals surface area contributed by atoms with Crippen LogP contribution < -0.4 is 0 Å². The number of rotatable bonds is 0. The molecular formula is C4H6N2O2. The van der Waals surface area contributed by atoms with Crippen LogP contribution in [0.4, 0.5) is 0 Å². The quantitative estimate of drug-likeness (QED) is 0.437. The van der Waals surface area contributed by atoms with Gasteiger partial charge in [0.2, 0.25) is 0 Å². The lowest BCUT2D eigenvalue weighted by Crippen LogP contribution is -2.29. The summed E-state index contributed by atoms with van der Waals surface area (Å²) < 4.78 is 0. The molecule has 44 valence electrons. The number of hydroxylamine groups is 2. The van der Waals surface area contributed by atoms with E-state index in [1.165, 1.54) is 0 Å². The molecule has 0 spiro atoms. The van der Waals surface area contributed by atoms with Crippen LogP contribution in [0.1, 0.15) is 6.42 Å². The van der Waals surface area contributed by atoms with Crippen molar-refractivity contribution in [2.45, 2.75) is 6.42 Å². The maximum atomic E-state index is 10.4. The van der Waals surface area contributed by atoms with Gasteiger partial charge >= 0.3 is 0 Å². The highest BCUT2D eigenvalue weighted by molar-refractivity contribution is 5.87. The molecule has 0 unspecified atom stereocenters. The minimum absolute atomic E-state index is 0.292. The zero-order valence-electron chi connectivity index (χ0n) is 4.24. The van der Waals surface area contributed by atoms with E-state index >= 15 is 0 Å². The molecule has 0 aromatic carbocycles. The van der Waals surface area contributed by atoms with Gasteiger partial charge in [0.05, 0.1) is 0 Å². The Kier molecular flexibility index (Phi) is 1.26. The molecule has 1 N–H and O–H groups in total. The molecule has 1 amide bonds. The summed E-state index contributed by atoms with van der Waals surface area (Å²) in [6.45, 7) is 0.496. The number of carbonyl (C=O) groups excluding carboxylic acids is 1. The Morgan fingerprint density at radius 3 is 3.00 bits per heavy atom. The van der Waals surface area contributed by atoms with Gasteiger partial charge in [0.15, 0.2) is 0 Å². The summed E-state index contributed by atoms with van der Waals surface area (Å²) in [6, 6.07) is 0. The maximum Gasteiger partial charge on any atom is 0.253 e. The topological polar surface area (TPSA) is 52.9 Å². The number of aliphatic imine (C=N–C) groups is 1. The molecule has 1 rings (SSSR count). The summed E-state index contributed by atoms with van der Waals surface area (Å²) in [7, 11) is 0. The molecule has 1 aliphatic heterocycles. The van der Waals surface area contributed by atoms with Crippen molar-refractivity contribution in [3.8, 4) is 0 Å². The van der Waals surface area contributed by atoms with Gasteiger partial charge in [-0.1, -0.05) is 0 Å². The van der Waals surface area contributed by atoms with Crippen molar-refractivity contribution in [1.29, 1.82) is 0 Å². The molecule has 0 aromatic rings. The molecule has 0 atom stereocenters. The molecule has 1 aliphatic rings. The smallest absolute Gasteiger partial charge is 0.253 e. The largest absolute Gasteiger partial charge is 0.280 e. The molecule has 0 bridgehead atoms. The molecule has 8 heavy (non-hydrogen) atoms. The fraction of sp³-hybridized carbons (Fsp3) is 0.500. The molecule has 4 nitrogen and oxygen atoms in total. The first-order valence-electron chi connectivity index (χ1n) is 2.31. The van der Waals surface area contributed by atoms with Crippen LogP contribution in [0.5, 0.6) is 0 Å². The SMILES string of the molecule is O=C1CCN=CN1O. The summed E-state index contributed by atoms with van der Waals surface area (Å²) in [5, 5.41) is 9.02. The lowest BCUT2D eigenvalue weighted by molar-refractivity contribution is -0.148. The minimum atomic E-state index is -0.292. The van der Waals surface area contributed by atoms with Crippen molar-refractivity contribution < 1.29 is 10.0 Å². The second-order valence-electron chi connectivity index (χ2n) is 1.51. The van der Waals surface area contributed by atoms with Crippen molar-refractivity contribution in [3.05, 3.63) is 0 Å². The van der Waals surface area contributed by atoms with E-state index in [0.29, 0.717) is 18.0 Å². The van der Waals surface area contributed by atoms with Gasteiger partial charge in [-0.25, -0.2) is 0 Å². The molecule has 4 heteroatoms. The average Bonchev–Trinajstić information content (AvgIpc) is 1.77. The molecule has 0 fully saturated rings. The van der Waals surface area contributed by atoms with E-state index in [9.17, 15) is 4.79 Å². The summed E-state index contributed by atoms with van der Waals surface area (Å²) in [6.07, 6.45) is 1.43. The first kappa shape index (κ1) is 5.24. The predicted octanol–water partition coefficient (Wildman–Crippen LogP) is -0.364. The summed E-state index contributed by atoms with van der Waals surface area (Å²) in [5.74, 6) is -0.292. The van der Waals surface area contributed by atoms with E-state index in [0.717, 1.165) is 6.34 Å². The van der Waals surface area contributed by atoms with Gasteiger partial charge in [-0.05, 0) is 0 Å². The lowest BCUT2D eigenvalue weighted by Gasteiger charge is -2.10. The van der Waals surface area contributed by atoms with Crippen LogP contribution in [0, 0.1) is 0 Å². The monoisotopic (exact) mass is 114 g/mol. The van der Waals surface area contributed by atoms with E-state index in [1.54, 1.807) is 0 Å². The van der Waals surface area contributed by atoms with Crippen LogP contribution in [0.25, 0.3) is 0 Å². The van der Waals surface area contributed by atoms with Gasteiger partial charge in [-0.2, -0.15) is 5.06 Å². The van der Waals surface area contributed by atoms with Crippen LogP contribution in [0.2, 0.25) is 0 Å². The van der Waals surface area contributed by atoms with Crippen molar-refractivity contribution >= 4 is 12.2 Å². The van der Waals surface area contributed by atoms with Crippen molar-refractivity contribution in [3.63, 3.8) is 0 Å². The maximum absolute atomic E-state index is 10.4. The normalized spacial score (nSPS) is 19.6. The van der Waals surface area contributed by atoms with Crippen LogP contribution in [-0.2, 0) is 4.79 Å². The Balaban J connectivity index is 2.60. The first-order chi connectivity index (χ1) is 3.80. The van der Waals surface area contributed by atoms with Crippen LogP contribution in [0.3, 0.4) is 0 Å². The zero-order chi connectivity index (χ0) is 5.98. The summed E-state index contributed by atoms with van der Waals surface area (Å²) in [5.41, 5.74) is 0. The number of amides is 1. The van der Waals surface area contributed by atoms with Gasteiger partial charge in [-0.3, -0.25) is 15.0 Å². The number of hydrogen-bond donors (Lipinski definition) is 1. The third kappa shape index (κ3) is 0.840. The Hall–Kier alpha value is -0.900. The third-order valence-corrected chi connectivity index (χ3v) is 0.901. The number of carbonyl (C=O) groups is 1. The van der Waals surface area contributed by atoms with Crippen LogP contribution >= 0.6 is 0 Å². The molecular weight excluding hydrogens is 108 g/mol. The Morgan fingerprint density at radius 1 is 1.88 bits per heavy atom. The van der Waals surface area contributed by atoms with Gasteiger partial charge in [0, 0.05) is 13.0 Å². The van der Waals surface area contributed by atoms with Gasteiger partial charge < -0.3 is 0 Å². The fourth-order valence-corrected chi connectivity index (χ4v) is 0.474. The zero-order valence-corrected chi connectivity index (χ0v) is 4.24. The number of nitrogens with zero attached hydrogens (tertiary/aromatic N) is 2. The molecule has 0 saturated heterocycles. The second-order valence-corrected chi connectivity index (χ2v) is 1.51. The Morgan fingerprint density at radius 2 is 2.62 bits per heavy atom. The molecule has 1 heterocycles. The van der Waals surface area contributed by atoms with Gasteiger partial charge in [-0.15, -0.1) is 0 Å². The van der Waals surface area contributed by atoms with Crippen LogP contribution in [0.15, 0.2) is 4.99 Å². The van der Waals surface area contributed by atoms with Crippen LogP contribution in [-0.4, -0.2) is 29.1 Å². The minimum Gasteiger partial charge on any atom is -0.280 e. The second kappa shape index (κ2) is 1.92. The van der Waals surface area contributed by atoms with E-state index in [1.807, 2.05) is 0 Å². The highest BCUT2D eigenvalue weighted by Gasteiger charge is 2.10. The van der Waals surface area contributed by atoms with E-state index in [-0.39, 0.29) is 5.91 Å². The van der Waals surface area contributed by atoms with Crippen molar-refractivity contribution in [2.75, 3.05) is 6.54 Å². The highest BCUT2D eigenvalue weighted by atomic mass is 16.5. The van der Waals surface area contributed by atoms with E-state index in [2.05, 4.69) is 4.99 Å². The Labute approximate surface area is 46.4 Å². The number of hydrogen-bond acceptors (Lipinski definition) is 3. The van der Waals surface area contributed by atoms with Crippen molar-refractivity contribution in [2.24, 2.45) is 4.99 Å². The van der Waals surface area contributed by atoms with E-state index in [4.69, 9.17) is 5.21 Å². The first-order valence-corrected chi connectivity index (χ1v) is 2.31. The lowest BCUT2D eigenvalue weighted by atomic mass is 10.4.